The van der Waals surface area contributed by atoms with E-state index in [0.717, 1.165) is 18.5 Å². The molecule has 1 aliphatic rings. The maximum Gasteiger partial charge on any atom is 0.416 e. The average Bonchev–Trinajstić information content (AvgIpc) is 3.20. The zero-order chi connectivity index (χ0) is 21.6. The molecule has 1 amide bonds. The Morgan fingerprint density at radius 3 is 2.67 bits per heavy atom. The summed E-state index contributed by atoms with van der Waals surface area (Å²) in [5.74, 6) is 0.636. The number of hydrogen-bond donors (Lipinski definition) is 2. The summed E-state index contributed by atoms with van der Waals surface area (Å²) in [4.78, 5) is 25.3. The van der Waals surface area contributed by atoms with E-state index >= 15 is 0 Å². The number of carbonyl (C=O) groups excluding carboxylic acids is 1. The lowest BCUT2D eigenvalue weighted by Gasteiger charge is -2.30. The van der Waals surface area contributed by atoms with Crippen molar-refractivity contribution in [3.63, 3.8) is 0 Å². The van der Waals surface area contributed by atoms with Crippen LogP contribution in [0.1, 0.15) is 33.6 Å². The van der Waals surface area contributed by atoms with Crippen LogP contribution in [-0.4, -0.2) is 56.3 Å². The van der Waals surface area contributed by atoms with Crippen LogP contribution in [0.15, 0.2) is 36.8 Å². The third-order valence-corrected chi connectivity index (χ3v) is 4.67. The topological polar surface area (TPSA) is 93.5 Å². The minimum atomic E-state index is -0.389. The van der Waals surface area contributed by atoms with Gasteiger partial charge in [-0.3, -0.25) is 0 Å². The van der Waals surface area contributed by atoms with Crippen molar-refractivity contribution >= 4 is 29.1 Å². The number of carbonyl (C=O) groups is 1. The molecule has 0 saturated carbocycles. The Morgan fingerprint density at radius 2 is 2.07 bits per heavy atom. The average molecular weight is 433 g/mol. The van der Waals surface area contributed by atoms with Gasteiger partial charge in [-0.2, -0.15) is 0 Å². The molecule has 162 valence electrons. The van der Waals surface area contributed by atoms with E-state index in [1.807, 2.05) is 26.8 Å². The van der Waals surface area contributed by atoms with E-state index in [0.29, 0.717) is 30.7 Å². The first kappa shape index (κ1) is 21.8. The van der Waals surface area contributed by atoms with E-state index in [4.69, 9.17) is 21.8 Å². The lowest BCUT2D eigenvalue weighted by Crippen LogP contribution is -2.43. The van der Waals surface area contributed by atoms with Gasteiger partial charge < -0.3 is 25.1 Å². The van der Waals surface area contributed by atoms with Crippen LogP contribution in [0.5, 0.6) is 5.88 Å². The van der Waals surface area contributed by atoms with Crippen molar-refractivity contribution in [1.82, 2.24) is 25.1 Å². The summed E-state index contributed by atoms with van der Waals surface area (Å²) in [7, 11) is 0. The number of rotatable bonds is 5. The highest BCUT2D eigenvalue weighted by Crippen LogP contribution is 2.19. The number of ether oxygens (including phenoxy) is 1. The zero-order valence-electron chi connectivity index (χ0n) is 17.5. The fourth-order valence-electron chi connectivity index (χ4n) is 2.97. The first-order valence-electron chi connectivity index (χ1n) is 9.93. The molecule has 0 radical (unpaired) electrons. The Morgan fingerprint density at radius 1 is 1.30 bits per heavy atom. The molecular weight excluding hydrogens is 404 g/mol. The number of anilines is 1. The Hall–Kier alpha value is -2.88. The van der Waals surface area contributed by atoms with Gasteiger partial charge in [-0.15, -0.1) is 9.94 Å². The Labute approximate surface area is 181 Å². The molecule has 1 aliphatic heterocycles. The van der Waals surface area contributed by atoms with E-state index in [-0.39, 0.29) is 17.5 Å². The van der Waals surface area contributed by atoms with Gasteiger partial charge in [0.05, 0.1) is 24.3 Å². The summed E-state index contributed by atoms with van der Waals surface area (Å²) in [5.41, 5.74) is 0.584. The Kier molecular flexibility index (Phi) is 7.09. The molecule has 0 unspecified atom stereocenters. The van der Waals surface area contributed by atoms with Crippen molar-refractivity contribution in [3.8, 4) is 5.88 Å². The number of nitrogens with one attached hydrogen (secondary N) is 2. The van der Waals surface area contributed by atoms with Gasteiger partial charge in [-0.25, -0.2) is 9.78 Å². The van der Waals surface area contributed by atoms with Crippen LogP contribution in [0.25, 0.3) is 0 Å². The van der Waals surface area contributed by atoms with Crippen LogP contribution in [-0.2, 0) is 0 Å². The number of nitrogens with zero attached hydrogens (tertiary/aromatic N) is 4. The Bertz CT molecular complexity index is 827. The number of aromatic nitrogens is 3. The molecule has 0 atom stereocenters. The smallest absolute Gasteiger partial charge is 0.396 e. The second-order valence-corrected chi connectivity index (χ2v) is 8.63. The normalized spacial score (nSPS) is 14.8. The lowest BCUT2D eigenvalue weighted by atomic mass is 9.98. The number of likely N-dealkylation sites (tertiary alicyclic amines) is 1. The summed E-state index contributed by atoms with van der Waals surface area (Å²) in [5, 5.41) is 10.7. The molecule has 0 bridgehead atoms. The third kappa shape index (κ3) is 6.87. The van der Waals surface area contributed by atoms with E-state index in [9.17, 15) is 4.79 Å². The monoisotopic (exact) mass is 432 g/mol. The number of pyridine rings is 1. The molecule has 30 heavy (non-hydrogen) atoms. The molecule has 0 spiro atoms. The molecule has 1 saturated heterocycles. The van der Waals surface area contributed by atoms with Gasteiger partial charge in [0.15, 0.2) is 5.11 Å². The van der Waals surface area contributed by atoms with Crippen molar-refractivity contribution < 1.29 is 14.4 Å². The van der Waals surface area contributed by atoms with Gasteiger partial charge in [0.2, 0.25) is 5.88 Å². The molecule has 10 heteroatoms. The molecule has 3 heterocycles. The minimum absolute atomic E-state index is 0.133. The fraction of sp³-hybridized carbons (Fsp3) is 0.500. The van der Waals surface area contributed by atoms with E-state index in [2.05, 4.69) is 20.7 Å². The quantitative estimate of drug-likeness (QED) is 0.697. The number of hydrogen-bond acceptors (Lipinski definition) is 6. The zero-order valence-corrected chi connectivity index (χ0v) is 18.3. The van der Waals surface area contributed by atoms with Gasteiger partial charge in [0, 0.05) is 24.7 Å². The summed E-state index contributed by atoms with van der Waals surface area (Å²) >= 11 is 5.27. The largest absolute Gasteiger partial charge is 0.416 e. The first-order chi connectivity index (χ1) is 14.3. The van der Waals surface area contributed by atoms with Crippen LogP contribution in [0.4, 0.5) is 10.5 Å². The predicted molar refractivity (Wildman–Crippen MR) is 117 cm³/mol. The van der Waals surface area contributed by atoms with Gasteiger partial charge >= 0.3 is 6.09 Å². The highest BCUT2D eigenvalue weighted by Gasteiger charge is 2.25. The number of thiocarbonyl (C=S) groups is 1. The molecular formula is C20H28N6O3S. The molecule has 2 N–H and O–H groups in total. The van der Waals surface area contributed by atoms with Crippen molar-refractivity contribution in [2.45, 2.75) is 39.2 Å². The van der Waals surface area contributed by atoms with Gasteiger partial charge in [-0.1, -0.05) is 0 Å². The van der Waals surface area contributed by atoms with Crippen molar-refractivity contribution in [2.75, 3.05) is 25.0 Å². The third-order valence-electron chi connectivity index (χ3n) is 4.47. The summed E-state index contributed by atoms with van der Waals surface area (Å²) in [6.45, 7) is 7.90. The van der Waals surface area contributed by atoms with Gasteiger partial charge in [0.25, 0.3) is 0 Å². The summed E-state index contributed by atoms with van der Waals surface area (Å²) in [6, 6.07) is 5.22. The van der Waals surface area contributed by atoms with Crippen molar-refractivity contribution in [2.24, 2.45) is 5.92 Å². The molecule has 1 fully saturated rings. The second-order valence-electron chi connectivity index (χ2n) is 8.22. The second kappa shape index (κ2) is 9.75. The number of piperidine rings is 1. The highest BCUT2D eigenvalue weighted by atomic mass is 32.1. The van der Waals surface area contributed by atoms with E-state index < -0.39 is 0 Å². The van der Waals surface area contributed by atoms with Crippen molar-refractivity contribution in [3.05, 3.63) is 36.8 Å². The van der Waals surface area contributed by atoms with E-state index in [1.165, 1.54) is 4.85 Å². The molecule has 2 aromatic rings. The number of amides is 1. The standard InChI is InChI=1S/C20H28N6O3S/c1-20(2,3)24-18(30)23-16-5-6-17(21-13-16)29-19(27)25-11-7-15(8-12-25)14-28-26-10-4-9-22-26/h4-6,9-10,13,15H,7-8,11-12,14H2,1-3H3,(H2,23,24,30). The maximum absolute atomic E-state index is 12.4. The summed E-state index contributed by atoms with van der Waals surface area (Å²) < 4.78 is 5.40. The first-order valence-corrected chi connectivity index (χ1v) is 10.3. The summed E-state index contributed by atoms with van der Waals surface area (Å²) in [6.07, 6.45) is 6.33. The fourth-order valence-corrected chi connectivity index (χ4v) is 3.39. The molecule has 2 aromatic heterocycles. The van der Waals surface area contributed by atoms with Crippen LogP contribution < -0.4 is 20.2 Å². The Balaban J connectivity index is 1.41. The van der Waals surface area contributed by atoms with Crippen LogP contribution in [0.3, 0.4) is 0 Å². The van der Waals surface area contributed by atoms with Gasteiger partial charge in [-0.05, 0) is 63.9 Å². The molecule has 3 rings (SSSR count). The van der Waals surface area contributed by atoms with Crippen LogP contribution >= 0.6 is 12.2 Å². The van der Waals surface area contributed by atoms with Crippen LogP contribution in [0, 0.1) is 5.92 Å². The lowest BCUT2D eigenvalue weighted by molar-refractivity contribution is 0.0365. The highest BCUT2D eigenvalue weighted by molar-refractivity contribution is 7.80. The van der Waals surface area contributed by atoms with Gasteiger partial charge in [0.1, 0.15) is 6.61 Å². The van der Waals surface area contributed by atoms with Crippen LogP contribution in [0.2, 0.25) is 0 Å². The molecule has 9 nitrogen and oxygen atoms in total. The molecule has 0 aliphatic carbocycles. The van der Waals surface area contributed by atoms with E-state index in [1.54, 1.807) is 35.6 Å². The SMILES string of the molecule is CC(C)(C)NC(=S)Nc1ccc(OC(=O)N2CCC(COn3cccn3)CC2)nc1. The maximum atomic E-state index is 12.4. The van der Waals surface area contributed by atoms with Crippen molar-refractivity contribution in [1.29, 1.82) is 0 Å². The molecule has 0 aromatic carbocycles. The predicted octanol–water partition coefficient (Wildman–Crippen LogP) is 2.70. The minimum Gasteiger partial charge on any atom is -0.396 e.